The van der Waals surface area contributed by atoms with Gasteiger partial charge in [0.15, 0.2) is 5.16 Å². The summed E-state index contributed by atoms with van der Waals surface area (Å²) in [5.74, 6) is 1.10. The van der Waals surface area contributed by atoms with E-state index in [-0.39, 0.29) is 5.91 Å². The van der Waals surface area contributed by atoms with Crippen molar-refractivity contribution in [1.29, 1.82) is 0 Å². The number of aromatic amines is 1. The fourth-order valence-electron chi connectivity index (χ4n) is 3.31. The summed E-state index contributed by atoms with van der Waals surface area (Å²) in [5.41, 5.74) is 3.59. The lowest BCUT2D eigenvalue weighted by Gasteiger charge is -2.11. The van der Waals surface area contributed by atoms with Gasteiger partial charge in [-0.05, 0) is 41.8 Å². The van der Waals surface area contributed by atoms with Gasteiger partial charge in [-0.1, -0.05) is 43.8 Å². The van der Waals surface area contributed by atoms with E-state index in [1.54, 1.807) is 0 Å². The average molecular weight is 406 g/mol. The Bertz CT molecular complexity index is 1120. The van der Waals surface area contributed by atoms with Gasteiger partial charge in [-0.3, -0.25) is 9.89 Å². The number of nitrogens with one attached hydrogen (secondary N) is 2. The van der Waals surface area contributed by atoms with E-state index < -0.39 is 0 Å². The molecular weight excluding hydrogens is 382 g/mol. The Morgan fingerprint density at radius 3 is 2.86 bits per heavy atom. The lowest BCUT2D eigenvalue weighted by atomic mass is 10.1. The van der Waals surface area contributed by atoms with Gasteiger partial charge in [0, 0.05) is 40.6 Å². The van der Waals surface area contributed by atoms with Crippen LogP contribution >= 0.6 is 11.8 Å². The highest BCUT2D eigenvalue weighted by Gasteiger charge is 2.13. The van der Waals surface area contributed by atoms with Gasteiger partial charge >= 0.3 is 0 Å². The molecular formula is C22H23N5OS. The van der Waals surface area contributed by atoms with Gasteiger partial charge in [-0.15, -0.1) is 0 Å². The fourth-order valence-corrected chi connectivity index (χ4v) is 4.09. The van der Waals surface area contributed by atoms with Crippen LogP contribution in [-0.2, 0) is 12.3 Å². The molecule has 2 aromatic carbocycles. The van der Waals surface area contributed by atoms with Crippen molar-refractivity contribution >= 4 is 34.3 Å². The van der Waals surface area contributed by atoms with Crippen LogP contribution in [0.4, 0.5) is 5.69 Å². The first-order valence-electron chi connectivity index (χ1n) is 9.56. The molecule has 4 aromatic rings. The molecule has 148 valence electrons. The largest absolute Gasteiger partial charge is 0.347 e. The molecule has 0 aliphatic heterocycles. The number of carbonyl (C=O) groups excluding carboxylic acids is 1. The van der Waals surface area contributed by atoms with Gasteiger partial charge in [0.25, 0.3) is 5.91 Å². The van der Waals surface area contributed by atoms with Gasteiger partial charge in [0.05, 0.1) is 0 Å². The second kappa shape index (κ2) is 8.53. The van der Waals surface area contributed by atoms with Crippen molar-refractivity contribution in [1.82, 2.24) is 19.7 Å². The van der Waals surface area contributed by atoms with Crippen LogP contribution in [0.3, 0.4) is 0 Å². The van der Waals surface area contributed by atoms with Crippen molar-refractivity contribution in [2.24, 2.45) is 5.92 Å². The minimum atomic E-state index is -0.111. The van der Waals surface area contributed by atoms with Crippen molar-refractivity contribution < 1.29 is 4.79 Å². The normalized spacial score (nSPS) is 11.3. The number of hydrogen-bond acceptors (Lipinski definition) is 4. The molecule has 2 heterocycles. The number of nitrogens with zero attached hydrogens (tertiary/aromatic N) is 3. The zero-order valence-electron chi connectivity index (χ0n) is 16.4. The summed E-state index contributed by atoms with van der Waals surface area (Å²) < 4.78 is 2.25. The van der Waals surface area contributed by atoms with Crippen LogP contribution in [-0.4, -0.2) is 25.7 Å². The molecule has 0 radical (unpaired) electrons. The van der Waals surface area contributed by atoms with E-state index in [0.29, 0.717) is 17.2 Å². The SMILES string of the molecule is CC(C)Cn1ccc2cc(NC(=O)c3ccccc3CSc3ncn[nH]3)ccc21. The fraction of sp³-hybridized carbons (Fsp3) is 0.227. The Hall–Kier alpha value is -3.06. The maximum atomic E-state index is 12.9. The number of H-pyrrole nitrogens is 1. The van der Waals surface area contributed by atoms with Gasteiger partial charge in [0.2, 0.25) is 0 Å². The van der Waals surface area contributed by atoms with Gasteiger partial charge in [-0.25, -0.2) is 4.98 Å². The first-order chi connectivity index (χ1) is 14.1. The number of amides is 1. The lowest BCUT2D eigenvalue weighted by Crippen LogP contribution is -2.14. The molecule has 7 heteroatoms. The Morgan fingerprint density at radius 2 is 2.07 bits per heavy atom. The maximum absolute atomic E-state index is 12.9. The highest BCUT2D eigenvalue weighted by Crippen LogP contribution is 2.24. The number of thioether (sulfide) groups is 1. The molecule has 4 rings (SSSR count). The second-order valence-electron chi connectivity index (χ2n) is 7.33. The summed E-state index contributed by atoms with van der Waals surface area (Å²) in [7, 11) is 0. The highest BCUT2D eigenvalue weighted by atomic mass is 32.2. The molecule has 0 aliphatic rings. The monoisotopic (exact) mass is 405 g/mol. The van der Waals surface area contributed by atoms with Crippen LogP contribution in [0.5, 0.6) is 0 Å². The Labute approximate surface area is 173 Å². The zero-order chi connectivity index (χ0) is 20.2. The zero-order valence-corrected chi connectivity index (χ0v) is 17.2. The van der Waals surface area contributed by atoms with Gasteiger partial charge < -0.3 is 9.88 Å². The van der Waals surface area contributed by atoms with E-state index in [1.807, 2.05) is 36.4 Å². The Kier molecular flexibility index (Phi) is 5.67. The summed E-state index contributed by atoms with van der Waals surface area (Å²) in [6, 6.07) is 15.8. The summed E-state index contributed by atoms with van der Waals surface area (Å²) in [5, 5.41) is 11.6. The van der Waals surface area contributed by atoms with E-state index in [2.05, 4.69) is 57.2 Å². The quantitative estimate of drug-likeness (QED) is 0.426. The minimum Gasteiger partial charge on any atom is -0.347 e. The van der Waals surface area contributed by atoms with E-state index >= 15 is 0 Å². The van der Waals surface area contributed by atoms with Gasteiger partial charge in [-0.2, -0.15) is 5.10 Å². The van der Waals surface area contributed by atoms with Crippen LogP contribution in [0.25, 0.3) is 10.9 Å². The molecule has 2 N–H and O–H groups in total. The number of anilines is 1. The third-order valence-electron chi connectivity index (χ3n) is 4.61. The van der Waals surface area contributed by atoms with Crippen LogP contribution in [0.2, 0.25) is 0 Å². The standard InChI is InChI=1S/C22H23N5OS/c1-15(2)12-27-10-9-16-11-18(7-8-20(16)27)25-21(28)19-6-4-3-5-17(19)13-29-22-23-14-24-26-22/h3-11,14-15H,12-13H2,1-2H3,(H,25,28)(H,23,24,26). The molecule has 6 nitrogen and oxygen atoms in total. The van der Waals surface area contributed by atoms with Crippen molar-refractivity contribution in [3.8, 4) is 0 Å². The van der Waals surface area contributed by atoms with Crippen molar-refractivity contribution in [2.75, 3.05) is 5.32 Å². The number of rotatable bonds is 7. The number of carbonyl (C=O) groups is 1. The predicted molar refractivity (Wildman–Crippen MR) is 117 cm³/mol. The average Bonchev–Trinajstić information content (AvgIpc) is 3.36. The molecule has 0 aliphatic carbocycles. The molecule has 0 saturated heterocycles. The number of aromatic nitrogens is 4. The van der Waals surface area contributed by atoms with Crippen molar-refractivity contribution in [2.45, 2.75) is 31.3 Å². The molecule has 0 fully saturated rings. The Balaban J connectivity index is 1.50. The molecule has 0 spiro atoms. The topological polar surface area (TPSA) is 75.6 Å². The van der Waals surface area contributed by atoms with E-state index in [4.69, 9.17) is 0 Å². The van der Waals surface area contributed by atoms with Crippen molar-refractivity contribution in [3.05, 3.63) is 72.2 Å². The maximum Gasteiger partial charge on any atom is 0.255 e. The number of hydrogen-bond donors (Lipinski definition) is 2. The summed E-state index contributed by atoms with van der Waals surface area (Å²) >= 11 is 1.52. The molecule has 2 aromatic heterocycles. The first-order valence-corrected chi connectivity index (χ1v) is 10.5. The van der Waals surface area contributed by atoms with Gasteiger partial charge in [0.1, 0.15) is 6.33 Å². The molecule has 0 bridgehead atoms. The summed E-state index contributed by atoms with van der Waals surface area (Å²) in [6.07, 6.45) is 3.58. The predicted octanol–water partition coefficient (Wildman–Crippen LogP) is 4.96. The van der Waals surface area contributed by atoms with Crippen LogP contribution in [0.1, 0.15) is 29.8 Å². The number of fused-ring (bicyclic) bond motifs is 1. The molecule has 29 heavy (non-hydrogen) atoms. The lowest BCUT2D eigenvalue weighted by molar-refractivity contribution is 0.102. The van der Waals surface area contributed by atoms with E-state index in [9.17, 15) is 4.79 Å². The third kappa shape index (κ3) is 4.51. The van der Waals surface area contributed by atoms with Crippen LogP contribution in [0, 0.1) is 5.92 Å². The molecule has 0 atom stereocenters. The summed E-state index contributed by atoms with van der Waals surface area (Å²) in [6.45, 7) is 5.39. The first kappa shape index (κ1) is 19.3. The van der Waals surface area contributed by atoms with Crippen molar-refractivity contribution in [3.63, 3.8) is 0 Å². The van der Waals surface area contributed by atoms with Crippen LogP contribution in [0.15, 0.2) is 66.2 Å². The smallest absolute Gasteiger partial charge is 0.255 e. The molecule has 1 amide bonds. The highest BCUT2D eigenvalue weighted by molar-refractivity contribution is 7.98. The molecule has 0 unspecified atom stereocenters. The number of benzene rings is 2. The third-order valence-corrected chi connectivity index (χ3v) is 5.54. The van der Waals surface area contributed by atoms with Crippen LogP contribution < -0.4 is 5.32 Å². The van der Waals surface area contributed by atoms with E-state index in [0.717, 1.165) is 28.3 Å². The minimum absolute atomic E-state index is 0.111. The summed E-state index contributed by atoms with van der Waals surface area (Å²) in [4.78, 5) is 17.0. The Morgan fingerprint density at radius 1 is 1.21 bits per heavy atom. The second-order valence-corrected chi connectivity index (χ2v) is 8.29. The van der Waals surface area contributed by atoms with E-state index in [1.165, 1.54) is 23.6 Å². The molecule has 0 saturated carbocycles.